The molecule has 0 saturated carbocycles. The molecule has 5 aromatic carbocycles. The molecule has 0 unspecified atom stereocenters. The van der Waals surface area contributed by atoms with Crippen molar-refractivity contribution >= 4 is 31.9 Å². The number of halogens is 2. The fourth-order valence-electron chi connectivity index (χ4n) is 5.72. The number of hydrogen-bond acceptors (Lipinski definition) is 1. The minimum atomic E-state index is -0.738. The van der Waals surface area contributed by atoms with Gasteiger partial charge in [0.1, 0.15) is 5.60 Å². The summed E-state index contributed by atoms with van der Waals surface area (Å²) in [5.41, 5.74) is 9.24. The van der Waals surface area contributed by atoms with Gasteiger partial charge in [-0.3, -0.25) is 0 Å². The van der Waals surface area contributed by atoms with E-state index in [1.807, 2.05) is 0 Å². The summed E-state index contributed by atoms with van der Waals surface area (Å²) in [7, 11) is 0. The maximum Gasteiger partial charge on any atom is 0.144 e. The zero-order valence-electron chi connectivity index (χ0n) is 21.7. The molecule has 194 valence electrons. The van der Waals surface area contributed by atoms with Gasteiger partial charge < -0.3 is 4.74 Å². The van der Waals surface area contributed by atoms with Gasteiger partial charge in [0.25, 0.3) is 0 Å². The molecule has 1 nitrogen and oxygen atoms in total. The maximum absolute atomic E-state index is 7.23. The van der Waals surface area contributed by atoms with Crippen LogP contribution in [0.4, 0.5) is 0 Å². The summed E-state index contributed by atoms with van der Waals surface area (Å²) >= 11 is 7.71. The van der Waals surface area contributed by atoms with E-state index in [0.717, 1.165) is 42.4 Å². The van der Waals surface area contributed by atoms with Crippen molar-refractivity contribution in [3.05, 3.63) is 175 Å². The molecule has 4 aliphatic carbocycles. The highest BCUT2D eigenvalue weighted by Crippen LogP contribution is 2.41. The van der Waals surface area contributed by atoms with Gasteiger partial charge in [-0.25, -0.2) is 0 Å². The first-order valence-electron chi connectivity index (χ1n) is 13.5. The van der Waals surface area contributed by atoms with E-state index in [9.17, 15) is 0 Å². The Bertz CT molecular complexity index is 1470. The molecule has 0 aromatic heterocycles. The molecule has 3 heteroatoms. The Balaban J connectivity index is 1.45. The SMILES string of the molecule is Brc1cc2c(COC(c3ccccc3)(c3ccccc3)c3ccccc3)cc1CCc1ccc(c(Br)c1)CC2. The summed E-state index contributed by atoms with van der Waals surface area (Å²) in [5, 5.41) is 0. The molecule has 5 aromatic rings. The summed E-state index contributed by atoms with van der Waals surface area (Å²) < 4.78 is 9.63. The molecular weight excluding hydrogens is 608 g/mol. The average Bonchev–Trinajstić information content (AvgIpc) is 2.98. The van der Waals surface area contributed by atoms with E-state index >= 15 is 0 Å². The van der Waals surface area contributed by atoms with Crippen LogP contribution in [0.25, 0.3) is 0 Å². The quantitative estimate of drug-likeness (QED) is 0.168. The van der Waals surface area contributed by atoms with Crippen LogP contribution in [0.5, 0.6) is 0 Å². The smallest absolute Gasteiger partial charge is 0.144 e. The van der Waals surface area contributed by atoms with Crippen LogP contribution in [0.15, 0.2) is 130 Å². The second kappa shape index (κ2) is 11.6. The number of benzene rings is 5. The molecule has 0 amide bonds. The van der Waals surface area contributed by atoms with Crippen LogP contribution in [0.3, 0.4) is 0 Å². The van der Waals surface area contributed by atoms with Crippen molar-refractivity contribution < 1.29 is 4.74 Å². The fourth-order valence-corrected chi connectivity index (χ4v) is 6.93. The first-order chi connectivity index (χ1) is 19.1. The predicted octanol–water partition coefficient (Wildman–Crippen LogP) is 9.60. The van der Waals surface area contributed by atoms with E-state index < -0.39 is 5.60 Å². The van der Waals surface area contributed by atoms with E-state index in [4.69, 9.17) is 4.74 Å². The largest absolute Gasteiger partial charge is 0.356 e. The highest BCUT2D eigenvalue weighted by molar-refractivity contribution is 9.10. The molecule has 0 heterocycles. The molecular formula is C36H30Br2O. The van der Waals surface area contributed by atoms with E-state index in [1.54, 1.807) is 0 Å². The third-order valence-electron chi connectivity index (χ3n) is 7.82. The van der Waals surface area contributed by atoms with Crippen molar-refractivity contribution in [2.24, 2.45) is 0 Å². The fraction of sp³-hybridized carbons (Fsp3) is 0.167. The molecule has 0 radical (unpaired) electrons. The first kappa shape index (κ1) is 26.3. The molecule has 39 heavy (non-hydrogen) atoms. The summed E-state index contributed by atoms with van der Waals surface area (Å²) in [6, 6.07) is 43.4. The van der Waals surface area contributed by atoms with Crippen molar-refractivity contribution in [1.29, 1.82) is 0 Å². The van der Waals surface area contributed by atoms with Crippen LogP contribution in [0, 0.1) is 0 Å². The zero-order chi connectivity index (χ0) is 26.7. The maximum atomic E-state index is 7.23. The normalized spacial score (nSPS) is 13.2. The second-order valence-corrected chi connectivity index (χ2v) is 11.9. The van der Waals surface area contributed by atoms with Crippen molar-refractivity contribution in [3.63, 3.8) is 0 Å². The summed E-state index contributed by atoms with van der Waals surface area (Å²) in [6.07, 6.45) is 3.89. The van der Waals surface area contributed by atoms with Crippen LogP contribution in [0.2, 0.25) is 0 Å². The van der Waals surface area contributed by atoms with Gasteiger partial charge in [0.15, 0.2) is 0 Å². The van der Waals surface area contributed by atoms with Gasteiger partial charge in [0.05, 0.1) is 6.61 Å². The Kier molecular flexibility index (Phi) is 7.83. The molecule has 0 atom stereocenters. The van der Waals surface area contributed by atoms with Crippen LogP contribution >= 0.6 is 31.9 Å². The van der Waals surface area contributed by atoms with Gasteiger partial charge >= 0.3 is 0 Å². The van der Waals surface area contributed by atoms with Gasteiger partial charge in [-0.1, -0.05) is 141 Å². The molecule has 0 saturated heterocycles. The Morgan fingerprint density at radius 1 is 0.513 bits per heavy atom. The topological polar surface area (TPSA) is 9.23 Å². The van der Waals surface area contributed by atoms with Gasteiger partial charge in [-0.05, 0) is 82.3 Å². The number of ether oxygens (including phenoxy) is 1. The minimum Gasteiger partial charge on any atom is -0.356 e. The lowest BCUT2D eigenvalue weighted by Gasteiger charge is -2.36. The summed E-state index contributed by atoms with van der Waals surface area (Å²) in [6.45, 7) is 0.507. The Hall–Kier alpha value is -2.98. The van der Waals surface area contributed by atoms with Gasteiger partial charge in [-0.2, -0.15) is 0 Å². The van der Waals surface area contributed by atoms with Crippen LogP contribution in [-0.4, -0.2) is 0 Å². The number of hydrogen-bond donors (Lipinski definition) is 0. The molecule has 0 N–H and O–H groups in total. The second-order valence-electron chi connectivity index (χ2n) is 10.2. The van der Waals surface area contributed by atoms with Gasteiger partial charge in [0, 0.05) is 8.95 Å². The van der Waals surface area contributed by atoms with Crippen molar-refractivity contribution in [2.45, 2.75) is 37.9 Å². The van der Waals surface area contributed by atoms with Crippen LogP contribution < -0.4 is 0 Å². The standard InChI is InChI=1S/C36H30Br2O/c37-34-22-26-16-18-27(34)20-21-28-24-35(38)29(19-17-26)23-30(28)25-39-36(31-10-4-1-5-11-31,32-12-6-2-7-13-32)33-14-8-3-9-15-33/h1-16,18,22-24H,17,19-21,25H2. The van der Waals surface area contributed by atoms with E-state index in [1.165, 1.54) is 36.8 Å². The molecule has 9 rings (SSSR count). The lowest BCUT2D eigenvalue weighted by Crippen LogP contribution is -2.33. The zero-order valence-corrected chi connectivity index (χ0v) is 24.9. The molecule has 4 aliphatic rings. The lowest BCUT2D eigenvalue weighted by molar-refractivity contribution is -0.000112. The highest BCUT2D eigenvalue weighted by Gasteiger charge is 2.37. The van der Waals surface area contributed by atoms with Crippen LogP contribution in [-0.2, 0) is 42.6 Å². The third kappa shape index (κ3) is 5.41. The third-order valence-corrected chi connectivity index (χ3v) is 9.29. The summed E-state index contributed by atoms with van der Waals surface area (Å²) in [5.74, 6) is 0. The molecule has 4 bridgehead atoms. The number of rotatable bonds is 6. The highest BCUT2D eigenvalue weighted by atomic mass is 79.9. The monoisotopic (exact) mass is 636 g/mol. The van der Waals surface area contributed by atoms with E-state index in [2.05, 4.69) is 153 Å². The Labute approximate surface area is 248 Å². The first-order valence-corrected chi connectivity index (χ1v) is 15.1. The van der Waals surface area contributed by atoms with E-state index in [-0.39, 0.29) is 0 Å². The Morgan fingerprint density at radius 3 is 1.59 bits per heavy atom. The van der Waals surface area contributed by atoms with Crippen molar-refractivity contribution in [1.82, 2.24) is 0 Å². The summed E-state index contributed by atoms with van der Waals surface area (Å²) in [4.78, 5) is 0. The van der Waals surface area contributed by atoms with Crippen molar-refractivity contribution in [3.8, 4) is 0 Å². The lowest BCUT2D eigenvalue weighted by atomic mass is 9.80. The molecule has 0 aliphatic heterocycles. The van der Waals surface area contributed by atoms with Crippen molar-refractivity contribution in [2.75, 3.05) is 0 Å². The van der Waals surface area contributed by atoms with Gasteiger partial charge in [0.2, 0.25) is 0 Å². The van der Waals surface area contributed by atoms with E-state index in [0.29, 0.717) is 6.61 Å². The predicted molar refractivity (Wildman–Crippen MR) is 167 cm³/mol. The number of aryl methyl sites for hydroxylation is 4. The molecule has 0 spiro atoms. The minimum absolute atomic E-state index is 0.507. The van der Waals surface area contributed by atoms with Gasteiger partial charge in [-0.15, -0.1) is 0 Å². The van der Waals surface area contributed by atoms with Crippen LogP contribution in [0.1, 0.15) is 44.5 Å². The average molecular weight is 638 g/mol. The molecule has 0 fully saturated rings. The Morgan fingerprint density at radius 2 is 1.03 bits per heavy atom.